The van der Waals surface area contributed by atoms with E-state index in [1.807, 2.05) is 13.0 Å². The van der Waals surface area contributed by atoms with Crippen molar-refractivity contribution in [2.75, 3.05) is 20.2 Å². The first-order valence-corrected chi connectivity index (χ1v) is 6.70. The van der Waals surface area contributed by atoms with Crippen molar-refractivity contribution in [1.29, 1.82) is 0 Å². The molecule has 0 bridgehead atoms. The van der Waals surface area contributed by atoms with Gasteiger partial charge in [0.25, 0.3) is 0 Å². The second-order valence-corrected chi connectivity index (χ2v) is 5.34. The molecule has 96 valence electrons. The van der Waals surface area contributed by atoms with E-state index in [4.69, 9.17) is 4.74 Å². The van der Waals surface area contributed by atoms with Crippen LogP contribution in [0.25, 0.3) is 0 Å². The van der Waals surface area contributed by atoms with Crippen LogP contribution >= 0.6 is 0 Å². The monoisotopic (exact) mass is 237 g/mol. The summed E-state index contributed by atoms with van der Waals surface area (Å²) < 4.78 is 4.73. The average molecular weight is 237 g/mol. The Labute approximate surface area is 104 Å². The number of rotatable bonds is 7. The third-order valence-electron chi connectivity index (χ3n) is 4.13. The quantitative estimate of drug-likeness (QED) is 0.419. The predicted octanol–water partition coefficient (Wildman–Crippen LogP) is 2.28. The molecular formula is C14H23NO2. The van der Waals surface area contributed by atoms with Crippen LogP contribution in [-0.2, 0) is 9.53 Å². The molecule has 0 aromatic rings. The number of ether oxygens (including phenoxy) is 1. The van der Waals surface area contributed by atoms with Gasteiger partial charge in [0.15, 0.2) is 0 Å². The molecule has 0 saturated heterocycles. The lowest BCUT2D eigenvalue weighted by atomic mass is 10.0. The molecule has 0 unspecified atom stereocenters. The third-order valence-corrected chi connectivity index (χ3v) is 4.13. The highest BCUT2D eigenvalue weighted by Gasteiger charge is 2.52. The van der Waals surface area contributed by atoms with E-state index in [-0.39, 0.29) is 5.97 Å². The molecule has 0 aromatic carbocycles. The Morgan fingerprint density at radius 1 is 1.47 bits per heavy atom. The highest BCUT2D eigenvalue weighted by Crippen LogP contribution is 2.60. The van der Waals surface area contributed by atoms with Crippen LogP contribution in [0.1, 0.15) is 39.0 Å². The number of esters is 1. The zero-order chi connectivity index (χ0) is 12.3. The zero-order valence-corrected chi connectivity index (χ0v) is 10.9. The summed E-state index contributed by atoms with van der Waals surface area (Å²) in [5, 5.41) is 3.47. The summed E-state index contributed by atoms with van der Waals surface area (Å²) in [6, 6.07) is 0. The Bertz CT molecular complexity index is 314. The number of nitrogens with one attached hydrogen (secondary N) is 1. The van der Waals surface area contributed by atoms with Crippen LogP contribution in [0.2, 0.25) is 0 Å². The average Bonchev–Trinajstić information content (AvgIpc) is 3.19. The van der Waals surface area contributed by atoms with Gasteiger partial charge in [-0.25, -0.2) is 4.79 Å². The molecule has 0 aromatic heterocycles. The number of methoxy groups -OCH3 is 1. The Kier molecular flexibility index (Phi) is 3.87. The van der Waals surface area contributed by atoms with Gasteiger partial charge in [0.1, 0.15) is 0 Å². The Balaban J connectivity index is 1.71. The fourth-order valence-electron chi connectivity index (χ4n) is 2.61. The molecule has 1 N–H and O–H groups in total. The van der Waals surface area contributed by atoms with Crippen LogP contribution in [0.5, 0.6) is 0 Å². The minimum Gasteiger partial charge on any atom is -0.466 e. The molecule has 3 nitrogen and oxygen atoms in total. The van der Waals surface area contributed by atoms with E-state index in [1.165, 1.54) is 32.8 Å². The minimum atomic E-state index is -0.197. The first kappa shape index (κ1) is 12.6. The van der Waals surface area contributed by atoms with Gasteiger partial charge in [0.05, 0.1) is 7.11 Å². The maximum absolute atomic E-state index is 11.3. The van der Waals surface area contributed by atoms with Crippen LogP contribution in [0.4, 0.5) is 0 Å². The second kappa shape index (κ2) is 5.21. The number of hydrogen-bond acceptors (Lipinski definition) is 3. The van der Waals surface area contributed by atoms with Gasteiger partial charge in [-0.15, -0.1) is 0 Å². The van der Waals surface area contributed by atoms with E-state index in [0.717, 1.165) is 31.0 Å². The third kappa shape index (κ3) is 3.09. The number of carbonyl (C=O) groups is 1. The molecular weight excluding hydrogens is 214 g/mol. The summed E-state index contributed by atoms with van der Waals surface area (Å²) in [5.41, 5.74) is 1.40. The van der Waals surface area contributed by atoms with Crippen molar-refractivity contribution in [3.05, 3.63) is 11.6 Å². The summed E-state index contributed by atoms with van der Waals surface area (Å²) in [6.07, 6.45) is 8.36. The van der Waals surface area contributed by atoms with Crippen LogP contribution in [0.3, 0.4) is 0 Å². The van der Waals surface area contributed by atoms with Crippen LogP contribution in [-0.4, -0.2) is 26.2 Å². The maximum Gasteiger partial charge on any atom is 0.333 e. The lowest BCUT2D eigenvalue weighted by Gasteiger charge is -2.14. The molecule has 0 atom stereocenters. The first-order valence-electron chi connectivity index (χ1n) is 6.70. The van der Waals surface area contributed by atoms with Gasteiger partial charge in [-0.1, -0.05) is 13.0 Å². The van der Waals surface area contributed by atoms with Crippen molar-refractivity contribution >= 4 is 5.97 Å². The SMILES string of the molecule is CCC(=CCNCC1(C2CC2)CC1)C(=O)OC. The van der Waals surface area contributed by atoms with E-state index < -0.39 is 0 Å². The van der Waals surface area contributed by atoms with Gasteiger partial charge in [0.2, 0.25) is 0 Å². The summed E-state index contributed by atoms with van der Waals surface area (Å²) in [6.45, 7) is 3.88. The van der Waals surface area contributed by atoms with Gasteiger partial charge >= 0.3 is 5.97 Å². The van der Waals surface area contributed by atoms with Crippen LogP contribution in [0, 0.1) is 11.3 Å². The van der Waals surface area contributed by atoms with E-state index in [0.29, 0.717) is 5.41 Å². The van der Waals surface area contributed by atoms with Gasteiger partial charge in [-0.3, -0.25) is 0 Å². The molecule has 2 rings (SSSR count). The van der Waals surface area contributed by atoms with Crippen molar-refractivity contribution in [3.63, 3.8) is 0 Å². The van der Waals surface area contributed by atoms with Gasteiger partial charge in [0, 0.05) is 18.7 Å². The summed E-state index contributed by atoms with van der Waals surface area (Å²) >= 11 is 0. The van der Waals surface area contributed by atoms with Gasteiger partial charge in [-0.05, 0) is 43.4 Å². The highest BCUT2D eigenvalue weighted by atomic mass is 16.5. The smallest absolute Gasteiger partial charge is 0.333 e. The normalized spacial score (nSPS) is 22.4. The second-order valence-electron chi connectivity index (χ2n) is 5.34. The summed E-state index contributed by atoms with van der Waals surface area (Å²) in [4.78, 5) is 11.3. The predicted molar refractivity (Wildman–Crippen MR) is 67.7 cm³/mol. The molecule has 3 heteroatoms. The van der Waals surface area contributed by atoms with Crippen LogP contribution < -0.4 is 5.32 Å². The Hall–Kier alpha value is -0.830. The molecule has 0 aliphatic heterocycles. The van der Waals surface area contributed by atoms with Crippen molar-refractivity contribution in [1.82, 2.24) is 5.32 Å². The van der Waals surface area contributed by atoms with E-state index in [9.17, 15) is 4.79 Å². The van der Waals surface area contributed by atoms with Crippen molar-refractivity contribution in [2.45, 2.75) is 39.0 Å². The number of carbonyl (C=O) groups excluding carboxylic acids is 1. The van der Waals surface area contributed by atoms with E-state index in [1.54, 1.807) is 0 Å². The molecule has 0 amide bonds. The van der Waals surface area contributed by atoms with E-state index in [2.05, 4.69) is 5.32 Å². The molecule has 2 aliphatic carbocycles. The molecule has 0 spiro atoms. The highest BCUT2D eigenvalue weighted by molar-refractivity contribution is 5.88. The molecule has 17 heavy (non-hydrogen) atoms. The summed E-state index contributed by atoms with van der Waals surface area (Å²) in [7, 11) is 1.44. The van der Waals surface area contributed by atoms with Crippen molar-refractivity contribution < 1.29 is 9.53 Å². The van der Waals surface area contributed by atoms with Gasteiger partial charge in [-0.2, -0.15) is 0 Å². The topological polar surface area (TPSA) is 38.3 Å². The standard InChI is InChI=1S/C14H23NO2/c1-3-11(13(16)17-2)6-9-15-10-14(7-8-14)12-4-5-12/h6,12,15H,3-5,7-10H2,1-2H3. The number of hydrogen-bond donors (Lipinski definition) is 1. The molecule has 0 radical (unpaired) electrons. The fraction of sp³-hybridized carbons (Fsp3) is 0.786. The molecule has 2 saturated carbocycles. The van der Waals surface area contributed by atoms with Crippen molar-refractivity contribution in [3.8, 4) is 0 Å². The first-order chi connectivity index (χ1) is 8.22. The fourth-order valence-corrected chi connectivity index (χ4v) is 2.61. The molecule has 2 fully saturated rings. The Morgan fingerprint density at radius 2 is 2.18 bits per heavy atom. The van der Waals surface area contributed by atoms with Gasteiger partial charge < -0.3 is 10.1 Å². The van der Waals surface area contributed by atoms with Crippen molar-refractivity contribution in [2.24, 2.45) is 11.3 Å². The summed E-state index contributed by atoms with van der Waals surface area (Å²) in [5.74, 6) is 0.794. The lowest BCUT2D eigenvalue weighted by molar-refractivity contribution is -0.136. The zero-order valence-electron chi connectivity index (χ0n) is 10.9. The molecule has 0 heterocycles. The molecule has 2 aliphatic rings. The lowest BCUT2D eigenvalue weighted by Crippen LogP contribution is -2.26. The largest absolute Gasteiger partial charge is 0.466 e. The van der Waals surface area contributed by atoms with Crippen LogP contribution in [0.15, 0.2) is 11.6 Å². The maximum atomic E-state index is 11.3. The minimum absolute atomic E-state index is 0.197. The van der Waals surface area contributed by atoms with E-state index >= 15 is 0 Å². The Morgan fingerprint density at radius 3 is 2.65 bits per heavy atom.